The van der Waals surface area contributed by atoms with Crippen LogP contribution in [-0.2, 0) is 4.79 Å². The third kappa shape index (κ3) is 4.61. The molecule has 1 rings (SSSR count). The van der Waals surface area contributed by atoms with E-state index in [1.807, 2.05) is 13.8 Å². The molecular weight excluding hydrogens is 360 g/mol. The molecule has 0 radical (unpaired) electrons. The number of urea groups is 1. The zero-order chi connectivity index (χ0) is 16.2. The van der Waals surface area contributed by atoms with Crippen LogP contribution in [0.4, 0.5) is 10.5 Å². The minimum absolute atomic E-state index is 0.339. The standard InChI is InChI=1S/C14H18BrClN2O3/c1-4-5-14(3,12(19)20)18-13(21)17-11-7-10(16)8(2)6-9(11)15/h6-7H,4-5H2,1-3H3,(H,19,20)(H2,17,18,21). The number of hydrogen-bond donors (Lipinski definition) is 3. The molecule has 0 saturated carbocycles. The molecule has 3 N–H and O–H groups in total. The topological polar surface area (TPSA) is 78.4 Å². The summed E-state index contributed by atoms with van der Waals surface area (Å²) in [6.07, 6.45) is 0.981. The Kier molecular flexibility index (Phi) is 6.04. The Bertz CT molecular complexity index is 565. The number of carboxylic acid groups (broad SMARTS) is 1. The van der Waals surface area contributed by atoms with E-state index in [1.165, 1.54) is 6.92 Å². The third-order valence-electron chi connectivity index (χ3n) is 3.11. The number of rotatable bonds is 5. The minimum Gasteiger partial charge on any atom is -0.480 e. The van der Waals surface area contributed by atoms with Crippen LogP contribution in [-0.4, -0.2) is 22.6 Å². The summed E-state index contributed by atoms with van der Waals surface area (Å²) >= 11 is 9.35. The fourth-order valence-corrected chi connectivity index (χ4v) is 2.59. The lowest BCUT2D eigenvalue weighted by molar-refractivity contribution is -0.143. The third-order valence-corrected chi connectivity index (χ3v) is 4.17. The first kappa shape index (κ1) is 17.8. The van der Waals surface area contributed by atoms with Gasteiger partial charge in [-0.2, -0.15) is 0 Å². The van der Waals surface area contributed by atoms with Crippen molar-refractivity contribution in [3.8, 4) is 0 Å². The molecule has 1 aromatic carbocycles. The van der Waals surface area contributed by atoms with Gasteiger partial charge in [0.25, 0.3) is 0 Å². The first-order chi connectivity index (χ1) is 9.69. The predicted octanol–water partition coefficient (Wildman–Crippen LogP) is 4.18. The van der Waals surface area contributed by atoms with Crippen molar-refractivity contribution in [2.24, 2.45) is 0 Å². The number of carbonyl (C=O) groups excluding carboxylic acids is 1. The van der Waals surface area contributed by atoms with Crippen LogP contribution >= 0.6 is 27.5 Å². The molecule has 0 aromatic heterocycles. The van der Waals surface area contributed by atoms with Gasteiger partial charge < -0.3 is 15.7 Å². The fraction of sp³-hybridized carbons (Fsp3) is 0.429. The van der Waals surface area contributed by atoms with E-state index < -0.39 is 17.5 Å². The summed E-state index contributed by atoms with van der Waals surface area (Å²) in [7, 11) is 0. The smallest absolute Gasteiger partial charge is 0.329 e. The Labute approximate surface area is 137 Å². The van der Waals surface area contributed by atoms with E-state index in [1.54, 1.807) is 12.1 Å². The van der Waals surface area contributed by atoms with Gasteiger partial charge in [-0.25, -0.2) is 9.59 Å². The first-order valence-corrected chi connectivity index (χ1v) is 7.65. The molecule has 1 aromatic rings. The molecule has 0 aliphatic carbocycles. The summed E-state index contributed by atoms with van der Waals surface area (Å²) in [4.78, 5) is 23.3. The van der Waals surface area contributed by atoms with E-state index >= 15 is 0 Å². The first-order valence-electron chi connectivity index (χ1n) is 6.48. The van der Waals surface area contributed by atoms with Crippen LogP contribution in [0.25, 0.3) is 0 Å². The Morgan fingerprint density at radius 3 is 2.57 bits per heavy atom. The maximum absolute atomic E-state index is 12.0. The summed E-state index contributed by atoms with van der Waals surface area (Å²) in [5.74, 6) is -1.07. The van der Waals surface area contributed by atoms with Gasteiger partial charge in [0, 0.05) is 9.50 Å². The minimum atomic E-state index is -1.31. The molecule has 0 aliphatic rings. The van der Waals surface area contributed by atoms with E-state index in [0.717, 1.165) is 5.56 Å². The molecule has 21 heavy (non-hydrogen) atoms. The van der Waals surface area contributed by atoms with Crippen molar-refractivity contribution >= 4 is 45.2 Å². The molecular formula is C14H18BrClN2O3. The van der Waals surface area contributed by atoms with E-state index in [0.29, 0.717) is 28.0 Å². The molecule has 0 aliphatic heterocycles. The van der Waals surface area contributed by atoms with Crippen molar-refractivity contribution in [1.29, 1.82) is 0 Å². The number of anilines is 1. The molecule has 2 amide bonds. The molecule has 0 fully saturated rings. The maximum atomic E-state index is 12.0. The van der Waals surface area contributed by atoms with Gasteiger partial charge in [0.05, 0.1) is 5.69 Å². The highest BCUT2D eigenvalue weighted by molar-refractivity contribution is 9.10. The Balaban J connectivity index is 2.87. The number of benzene rings is 1. The van der Waals surface area contributed by atoms with E-state index in [9.17, 15) is 14.7 Å². The summed E-state index contributed by atoms with van der Waals surface area (Å²) in [6.45, 7) is 5.19. The summed E-state index contributed by atoms with van der Waals surface area (Å²) in [5, 5.41) is 14.9. The number of hydrogen-bond acceptors (Lipinski definition) is 2. The zero-order valence-electron chi connectivity index (χ0n) is 12.1. The van der Waals surface area contributed by atoms with Crippen LogP contribution < -0.4 is 10.6 Å². The molecule has 0 spiro atoms. The SMILES string of the molecule is CCCC(C)(NC(=O)Nc1cc(Cl)c(C)cc1Br)C(=O)O. The average Bonchev–Trinajstić information content (AvgIpc) is 2.35. The summed E-state index contributed by atoms with van der Waals surface area (Å²) < 4.78 is 0.673. The number of aryl methyl sites for hydroxylation is 1. The quantitative estimate of drug-likeness (QED) is 0.720. The van der Waals surface area contributed by atoms with E-state index in [4.69, 9.17) is 11.6 Å². The number of amides is 2. The number of aliphatic carboxylic acids is 1. The van der Waals surface area contributed by atoms with Crippen LogP contribution in [0, 0.1) is 6.92 Å². The predicted molar refractivity (Wildman–Crippen MR) is 87.0 cm³/mol. The van der Waals surface area contributed by atoms with Gasteiger partial charge in [-0.15, -0.1) is 0 Å². The van der Waals surface area contributed by atoms with Crippen LogP contribution in [0.3, 0.4) is 0 Å². The van der Waals surface area contributed by atoms with Crippen LogP contribution in [0.1, 0.15) is 32.3 Å². The monoisotopic (exact) mass is 376 g/mol. The van der Waals surface area contributed by atoms with Gasteiger partial charge in [0.2, 0.25) is 0 Å². The normalized spacial score (nSPS) is 13.4. The molecule has 5 nitrogen and oxygen atoms in total. The lowest BCUT2D eigenvalue weighted by Gasteiger charge is -2.26. The van der Waals surface area contributed by atoms with Gasteiger partial charge in [-0.3, -0.25) is 0 Å². The van der Waals surface area contributed by atoms with E-state index in [-0.39, 0.29) is 0 Å². The Morgan fingerprint density at radius 1 is 1.43 bits per heavy atom. The number of carboxylic acids is 1. The van der Waals surface area contributed by atoms with Crippen LogP contribution in [0.15, 0.2) is 16.6 Å². The van der Waals surface area contributed by atoms with Crippen molar-refractivity contribution in [2.45, 2.75) is 39.2 Å². The van der Waals surface area contributed by atoms with Crippen molar-refractivity contribution in [3.63, 3.8) is 0 Å². The molecule has 0 heterocycles. The summed E-state index contributed by atoms with van der Waals surface area (Å²) in [5.41, 5.74) is 0.0444. The van der Waals surface area contributed by atoms with Crippen molar-refractivity contribution < 1.29 is 14.7 Å². The molecule has 116 valence electrons. The van der Waals surface area contributed by atoms with Gasteiger partial charge in [-0.1, -0.05) is 24.9 Å². The lowest BCUT2D eigenvalue weighted by Crippen LogP contribution is -2.53. The highest BCUT2D eigenvalue weighted by Crippen LogP contribution is 2.29. The lowest BCUT2D eigenvalue weighted by atomic mass is 9.97. The highest BCUT2D eigenvalue weighted by Gasteiger charge is 2.33. The fourth-order valence-electron chi connectivity index (χ4n) is 1.87. The van der Waals surface area contributed by atoms with Crippen molar-refractivity contribution in [3.05, 3.63) is 27.2 Å². The Hall–Kier alpha value is -1.27. The second kappa shape index (κ2) is 7.13. The molecule has 0 saturated heterocycles. The number of halogens is 2. The van der Waals surface area contributed by atoms with Crippen molar-refractivity contribution in [1.82, 2.24) is 5.32 Å². The molecule has 1 unspecified atom stereocenters. The second-order valence-electron chi connectivity index (χ2n) is 5.05. The summed E-state index contributed by atoms with van der Waals surface area (Å²) in [6, 6.07) is 2.80. The number of carbonyl (C=O) groups is 2. The van der Waals surface area contributed by atoms with Crippen LogP contribution in [0.5, 0.6) is 0 Å². The van der Waals surface area contributed by atoms with Crippen LogP contribution in [0.2, 0.25) is 5.02 Å². The second-order valence-corrected chi connectivity index (χ2v) is 6.31. The van der Waals surface area contributed by atoms with Gasteiger partial charge in [0.15, 0.2) is 0 Å². The molecule has 7 heteroatoms. The largest absolute Gasteiger partial charge is 0.480 e. The van der Waals surface area contributed by atoms with Gasteiger partial charge in [0.1, 0.15) is 5.54 Å². The molecule has 1 atom stereocenters. The van der Waals surface area contributed by atoms with Crippen molar-refractivity contribution in [2.75, 3.05) is 5.32 Å². The van der Waals surface area contributed by atoms with Gasteiger partial charge in [-0.05, 0) is 53.9 Å². The number of nitrogens with one attached hydrogen (secondary N) is 2. The average molecular weight is 378 g/mol. The maximum Gasteiger partial charge on any atom is 0.329 e. The molecule has 0 bridgehead atoms. The van der Waals surface area contributed by atoms with Gasteiger partial charge >= 0.3 is 12.0 Å². The highest BCUT2D eigenvalue weighted by atomic mass is 79.9. The van der Waals surface area contributed by atoms with E-state index in [2.05, 4.69) is 26.6 Å². The zero-order valence-corrected chi connectivity index (χ0v) is 14.4. The Morgan fingerprint density at radius 2 is 2.05 bits per heavy atom.